The van der Waals surface area contributed by atoms with Gasteiger partial charge in [0, 0.05) is 30.3 Å². The van der Waals surface area contributed by atoms with Crippen molar-refractivity contribution >= 4 is 17.0 Å². The van der Waals surface area contributed by atoms with Crippen LogP contribution in [0.1, 0.15) is 11.1 Å². The minimum Gasteiger partial charge on any atom is -0.497 e. The van der Waals surface area contributed by atoms with E-state index in [1.54, 1.807) is 7.11 Å². The van der Waals surface area contributed by atoms with Crippen molar-refractivity contribution in [2.24, 2.45) is 0 Å². The Kier molecular flexibility index (Phi) is 5.65. The molecule has 3 rings (SSSR count). The van der Waals surface area contributed by atoms with Crippen LogP contribution in [0.2, 0.25) is 0 Å². The molecule has 4 heteroatoms. The monoisotopic (exact) mass is 334 g/mol. The summed E-state index contributed by atoms with van der Waals surface area (Å²) in [6.45, 7) is 2.14. The topological polar surface area (TPSA) is 54.3 Å². The summed E-state index contributed by atoms with van der Waals surface area (Å²) in [6.07, 6.45) is 1.38. The number of ether oxygens (including phenoxy) is 2. The molecular weight excluding hydrogens is 312 g/mol. The Hall–Kier alpha value is -2.85. The molecule has 25 heavy (non-hydrogen) atoms. The largest absolute Gasteiger partial charge is 0.497 e. The zero-order valence-electron chi connectivity index (χ0n) is 14.3. The molecule has 3 aromatic rings. The van der Waals surface area contributed by atoms with Crippen LogP contribution < -0.4 is 14.8 Å². The van der Waals surface area contributed by atoms with Crippen LogP contribution in [0.15, 0.2) is 60.7 Å². The first kappa shape index (κ1) is 17.0. The number of benzene rings is 3. The molecule has 0 fully saturated rings. The van der Waals surface area contributed by atoms with E-state index in [-0.39, 0.29) is 0 Å². The van der Waals surface area contributed by atoms with Crippen molar-refractivity contribution in [2.75, 3.05) is 20.3 Å². The fourth-order valence-corrected chi connectivity index (χ4v) is 2.76. The third kappa shape index (κ3) is 4.17. The van der Waals surface area contributed by atoms with Gasteiger partial charge >= 0.3 is 0 Å². The summed E-state index contributed by atoms with van der Waals surface area (Å²) in [5, 5.41) is 13.0. The highest BCUT2D eigenvalue weighted by molar-refractivity contribution is 6.01. The molecule has 0 heterocycles. The normalized spacial score (nSPS) is 10.6. The Morgan fingerprint density at radius 1 is 0.960 bits per heavy atom. The first-order valence-corrected chi connectivity index (χ1v) is 8.30. The van der Waals surface area contributed by atoms with Gasteiger partial charge in [-0.1, -0.05) is 36.4 Å². The molecule has 2 N–H and O–H groups in total. The van der Waals surface area contributed by atoms with E-state index >= 15 is 0 Å². The SMILES string of the molecule is COc1ccc(CNCCOc2ccc(C=N)c3ccccc23)cc1. The number of nitrogens with one attached hydrogen (secondary N) is 2. The van der Waals surface area contributed by atoms with E-state index < -0.39 is 0 Å². The zero-order valence-corrected chi connectivity index (χ0v) is 14.3. The van der Waals surface area contributed by atoms with Crippen molar-refractivity contribution in [1.82, 2.24) is 5.32 Å². The number of methoxy groups -OCH3 is 1. The zero-order chi connectivity index (χ0) is 17.5. The van der Waals surface area contributed by atoms with Crippen molar-refractivity contribution < 1.29 is 9.47 Å². The summed E-state index contributed by atoms with van der Waals surface area (Å²) >= 11 is 0. The second-order valence-corrected chi connectivity index (χ2v) is 5.72. The van der Waals surface area contributed by atoms with Crippen LogP contribution in [0.4, 0.5) is 0 Å². The van der Waals surface area contributed by atoms with Gasteiger partial charge in [0.2, 0.25) is 0 Å². The van der Waals surface area contributed by atoms with Crippen LogP contribution in [-0.4, -0.2) is 26.5 Å². The Bertz CT molecular complexity index is 844. The average molecular weight is 334 g/mol. The lowest BCUT2D eigenvalue weighted by atomic mass is 10.0. The number of rotatable bonds is 8. The van der Waals surface area contributed by atoms with Gasteiger partial charge in [-0.15, -0.1) is 0 Å². The van der Waals surface area contributed by atoms with Crippen LogP contribution in [0.3, 0.4) is 0 Å². The predicted octanol–water partition coefficient (Wildman–Crippen LogP) is 4.01. The van der Waals surface area contributed by atoms with Gasteiger partial charge in [0.15, 0.2) is 0 Å². The molecule has 4 nitrogen and oxygen atoms in total. The van der Waals surface area contributed by atoms with Gasteiger partial charge in [-0.25, -0.2) is 0 Å². The molecule has 0 radical (unpaired) electrons. The summed E-state index contributed by atoms with van der Waals surface area (Å²) in [7, 11) is 1.67. The van der Waals surface area contributed by atoms with E-state index in [0.717, 1.165) is 40.9 Å². The van der Waals surface area contributed by atoms with Crippen LogP contribution in [0, 0.1) is 5.41 Å². The molecule has 0 spiro atoms. The van der Waals surface area contributed by atoms with Crippen molar-refractivity contribution in [1.29, 1.82) is 5.41 Å². The van der Waals surface area contributed by atoms with Crippen LogP contribution in [-0.2, 0) is 6.54 Å². The maximum absolute atomic E-state index is 7.51. The second-order valence-electron chi connectivity index (χ2n) is 5.72. The summed E-state index contributed by atoms with van der Waals surface area (Å²) < 4.78 is 11.1. The highest BCUT2D eigenvalue weighted by Crippen LogP contribution is 2.27. The third-order valence-electron chi connectivity index (χ3n) is 4.10. The smallest absolute Gasteiger partial charge is 0.127 e. The van der Waals surface area contributed by atoms with E-state index in [1.807, 2.05) is 48.5 Å². The average Bonchev–Trinajstić information content (AvgIpc) is 2.68. The quantitative estimate of drug-likeness (QED) is 0.483. The molecule has 0 amide bonds. The highest BCUT2D eigenvalue weighted by Gasteiger charge is 2.05. The Morgan fingerprint density at radius 2 is 1.72 bits per heavy atom. The minimum absolute atomic E-state index is 0.587. The molecule has 0 aliphatic heterocycles. The van der Waals surface area contributed by atoms with Gasteiger partial charge < -0.3 is 20.2 Å². The Labute approximate surface area is 147 Å². The molecule has 0 saturated carbocycles. The van der Waals surface area contributed by atoms with Gasteiger partial charge in [0.1, 0.15) is 18.1 Å². The van der Waals surface area contributed by atoms with E-state index in [1.165, 1.54) is 11.8 Å². The van der Waals surface area contributed by atoms with Crippen molar-refractivity contribution in [3.8, 4) is 11.5 Å². The summed E-state index contributed by atoms with van der Waals surface area (Å²) in [6, 6.07) is 19.9. The molecular formula is C21H22N2O2. The van der Waals surface area contributed by atoms with Crippen LogP contribution in [0.25, 0.3) is 10.8 Å². The van der Waals surface area contributed by atoms with E-state index in [2.05, 4.69) is 17.4 Å². The van der Waals surface area contributed by atoms with Crippen molar-refractivity contribution in [2.45, 2.75) is 6.54 Å². The van der Waals surface area contributed by atoms with Crippen molar-refractivity contribution in [3.63, 3.8) is 0 Å². The summed E-state index contributed by atoms with van der Waals surface area (Å²) in [4.78, 5) is 0. The minimum atomic E-state index is 0.587. The molecule has 0 aliphatic carbocycles. The molecule has 0 aromatic heterocycles. The van der Waals surface area contributed by atoms with E-state index in [0.29, 0.717) is 6.61 Å². The first-order valence-electron chi connectivity index (χ1n) is 8.30. The lowest BCUT2D eigenvalue weighted by Gasteiger charge is -2.11. The first-order chi connectivity index (χ1) is 12.3. The molecule has 0 atom stereocenters. The lowest BCUT2D eigenvalue weighted by molar-refractivity contribution is 0.317. The molecule has 3 aromatic carbocycles. The summed E-state index contributed by atoms with van der Waals surface area (Å²) in [5.41, 5.74) is 2.11. The van der Waals surface area contributed by atoms with Gasteiger partial charge in [-0.3, -0.25) is 0 Å². The standard InChI is InChI=1S/C21H22N2O2/c1-24-18-9-6-16(7-10-18)15-23-12-13-25-21-11-8-17(14-22)19-4-2-3-5-20(19)21/h2-11,14,22-23H,12-13,15H2,1H3. The van der Waals surface area contributed by atoms with Gasteiger partial charge in [0.05, 0.1) is 7.11 Å². The maximum atomic E-state index is 7.51. The van der Waals surface area contributed by atoms with E-state index in [9.17, 15) is 0 Å². The molecule has 0 bridgehead atoms. The lowest BCUT2D eigenvalue weighted by Crippen LogP contribution is -2.20. The number of fused-ring (bicyclic) bond motifs is 1. The highest BCUT2D eigenvalue weighted by atomic mass is 16.5. The third-order valence-corrected chi connectivity index (χ3v) is 4.10. The Morgan fingerprint density at radius 3 is 2.44 bits per heavy atom. The maximum Gasteiger partial charge on any atom is 0.127 e. The predicted molar refractivity (Wildman–Crippen MR) is 102 cm³/mol. The fourth-order valence-electron chi connectivity index (χ4n) is 2.76. The molecule has 0 saturated heterocycles. The van der Waals surface area contributed by atoms with E-state index in [4.69, 9.17) is 14.9 Å². The fraction of sp³-hybridized carbons (Fsp3) is 0.190. The van der Waals surface area contributed by atoms with Crippen LogP contribution >= 0.6 is 0 Å². The molecule has 0 aliphatic rings. The number of hydrogen-bond acceptors (Lipinski definition) is 4. The van der Waals surface area contributed by atoms with Crippen LogP contribution in [0.5, 0.6) is 11.5 Å². The molecule has 128 valence electrons. The van der Waals surface area contributed by atoms with Gasteiger partial charge in [-0.2, -0.15) is 0 Å². The van der Waals surface area contributed by atoms with Gasteiger partial charge in [0.25, 0.3) is 0 Å². The van der Waals surface area contributed by atoms with Crippen molar-refractivity contribution in [3.05, 3.63) is 71.8 Å². The second kappa shape index (κ2) is 8.31. The Balaban J connectivity index is 1.54. The van der Waals surface area contributed by atoms with Gasteiger partial charge in [-0.05, 0) is 35.2 Å². The number of hydrogen-bond donors (Lipinski definition) is 2. The molecule has 0 unspecified atom stereocenters. The summed E-state index contributed by atoms with van der Waals surface area (Å²) in [5.74, 6) is 1.72.